The maximum atomic E-state index is 11.6. The number of hydrogen-bond donors (Lipinski definition) is 1. The summed E-state index contributed by atoms with van der Waals surface area (Å²) < 4.78 is -0.514. The Hall–Kier alpha value is 0.170. The Morgan fingerprint density at radius 2 is 2.00 bits per heavy atom. The first kappa shape index (κ1) is 13.2. The Kier molecular flexibility index (Phi) is 3.86. The maximum absolute atomic E-state index is 11.6. The molecule has 2 nitrogen and oxygen atoms in total. The van der Waals surface area contributed by atoms with Gasteiger partial charge < -0.3 is 5.11 Å². The molecule has 0 amide bonds. The van der Waals surface area contributed by atoms with Gasteiger partial charge in [0.25, 0.3) is 0 Å². The fourth-order valence-corrected chi connectivity index (χ4v) is 7.08. The van der Waals surface area contributed by atoms with Crippen LogP contribution >= 0.6 is 23.5 Å². The summed E-state index contributed by atoms with van der Waals surface area (Å²) in [5, 5.41) is 9.55. The van der Waals surface area contributed by atoms with Gasteiger partial charge in [0.2, 0.25) is 0 Å². The van der Waals surface area contributed by atoms with Gasteiger partial charge in [0.05, 0.1) is 0 Å². The molecule has 1 heterocycles. The number of fused-ring (bicyclic) bond motifs is 2. The molecular weight excluding hydrogens is 264 g/mol. The second-order valence-corrected chi connectivity index (χ2v) is 9.13. The Balaban J connectivity index is 1.58. The molecule has 3 atom stereocenters. The van der Waals surface area contributed by atoms with E-state index in [0.29, 0.717) is 0 Å². The molecule has 3 unspecified atom stereocenters. The molecule has 18 heavy (non-hydrogen) atoms. The van der Waals surface area contributed by atoms with Crippen molar-refractivity contribution in [3.05, 3.63) is 0 Å². The zero-order chi connectivity index (χ0) is 12.6. The van der Waals surface area contributed by atoms with Crippen molar-refractivity contribution in [1.82, 2.24) is 0 Å². The topological polar surface area (TPSA) is 37.3 Å². The highest BCUT2D eigenvalue weighted by Gasteiger charge is 2.44. The zero-order valence-corrected chi connectivity index (χ0v) is 12.4. The number of thioether (sulfide) groups is 2. The van der Waals surface area contributed by atoms with Gasteiger partial charge in [-0.1, -0.05) is 6.42 Å². The number of carbonyl (C=O) groups is 1. The van der Waals surface area contributed by atoms with Crippen LogP contribution in [0.3, 0.4) is 0 Å². The molecule has 0 radical (unpaired) electrons. The predicted octanol–water partition coefficient (Wildman–Crippen LogP) is 3.85. The van der Waals surface area contributed by atoms with E-state index in [0.717, 1.165) is 42.1 Å². The highest BCUT2D eigenvalue weighted by Crippen LogP contribution is 2.53. The SMILES string of the molecule is O=C(O)C1(CCC2CC3CCC2C3)SCCCS1. The molecule has 4 heteroatoms. The van der Waals surface area contributed by atoms with E-state index in [1.807, 2.05) is 0 Å². The van der Waals surface area contributed by atoms with Gasteiger partial charge in [-0.15, -0.1) is 23.5 Å². The second kappa shape index (κ2) is 5.28. The molecule has 0 spiro atoms. The third kappa shape index (κ3) is 2.43. The third-order valence-electron chi connectivity index (χ3n) is 5.01. The fourth-order valence-electron chi connectivity index (χ4n) is 4.05. The lowest BCUT2D eigenvalue weighted by atomic mass is 9.85. The lowest BCUT2D eigenvalue weighted by Crippen LogP contribution is -2.35. The molecule has 102 valence electrons. The number of carboxylic acids is 1. The van der Waals surface area contributed by atoms with E-state index in [4.69, 9.17) is 0 Å². The predicted molar refractivity (Wildman–Crippen MR) is 78.1 cm³/mol. The Labute approximate surface area is 118 Å². The summed E-state index contributed by atoms with van der Waals surface area (Å²) in [7, 11) is 0. The van der Waals surface area contributed by atoms with Crippen LogP contribution in [0.5, 0.6) is 0 Å². The average Bonchev–Trinajstić information content (AvgIpc) is 2.99. The molecule has 2 aliphatic carbocycles. The standard InChI is InChI=1S/C14H22O2S2/c15-13(16)14(17-6-1-7-18-14)5-4-12-9-10-2-3-11(12)8-10/h10-12H,1-9H2,(H,15,16). The summed E-state index contributed by atoms with van der Waals surface area (Å²) in [4.78, 5) is 11.6. The Morgan fingerprint density at radius 3 is 2.56 bits per heavy atom. The van der Waals surface area contributed by atoms with Crippen molar-refractivity contribution in [1.29, 1.82) is 0 Å². The first-order valence-corrected chi connectivity index (χ1v) is 9.18. The van der Waals surface area contributed by atoms with Crippen LogP contribution in [-0.2, 0) is 4.79 Å². The van der Waals surface area contributed by atoms with Crippen LogP contribution in [0.1, 0.15) is 44.9 Å². The minimum atomic E-state index is -0.583. The van der Waals surface area contributed by atoms with Crippen molar-refractivity contribution in [3.63, 3.8) is 0 Å². The van der Waals surface area contributed by atoms with Gasteiger partial charge in [0.1, 0.15) is 0 Å². The largest absolute Gasteiger partial charge is 0.480 e. The van der Waals surface area contributed by atoms with Crippen molar-refractivity contribution < 1.29 is 9.90 Å². The minimum absolute atomic E-state index is 0.514. The normalized spacial score (nSPS) is 37.9. The summed E-state index contributed by atoms with van der Waals surface area (Å²) in [6.45, 7) is 0. The number of rotatable bonds is 4. The molecule has 1 aliphatic heterocycles. The van der Waals surface area contributed by atoms with Crippen molar-refractivity contribution in [2.45, 2.75) is 49.0 Å². The van der Waals surface area contributed by atoms with Gasteiger partial charge in [-0.25, -0.2) is 4.79 Å². The van der Waals surface area contributed by atoms with Crippen LogP contribution in [0.25, 0.3) is 0 Å². The van der Waals surface area contributed by atoms with Crippen molar-refractivity contribution in [2.75, 3.05) is 11.5 Å². The number of hydrogen-bond acceptors (Lipinski definition) is 3. The van der Waals surface area contributed by atoms with E-state index in [9.17, 15) is 9.90 Å². The summed E-state index contributed by atoms with van der Waals surface area (Å²) in [5.41, 5.74) is 0. The lowest BCUT2D eigenvalue weighted by molar-refractivity contribution is -0.137. The average molecular weight is 286 g/mol. The Bertz CT molecular complexity index is 326. The lowest BCUT2D eigenvalue weighted by Gasteiger charge is -2.33. The van der Waals surface area contributed by atoms with E-state index in [1.165, 1.54) is 32.1 Å². The highest BCUT2D eigenvalue weighted by atomic mass is 32.2. The van der Waals surface area contributed by atoms with Crippen LogP contribution in [0.15, 0.2) is 0 Å². The molecule has 3 aliphatic rings. The molecule has 2 bridgehead atoms. The summed E-state index contributed by atoms with van der Waals surface area (Å²) in [6, 6.07) is 0. The molecule has 3 rings (SSSR count). The summed E-state index contributed by atoms with van der Waals surface area (Å²) >= 11 is 3.37. The van der Waals surface area contributed by atoms with Gasteiger partial charge in [-0.3, -0.25) is 0 Å². The second-order valence-electron chi connectivity index (χ2n) is 6.08. The smallest absolute Gasteiger partial charge is 0.330 e. The number of aliphatic carboxylic acids is 1. The molecule has 1 N–H and O–H groups in total. The van der Waals surface area contributed by atoms with Gasteiger partial charge in [-0.05, 0) is 67.8 Å². The van der Waals surface area contributed by atoms with E-state index in [1.54, 1.807) is 23.5 Å². The molecule has 0 aromatic carbocycles. The van der Waals surface area contributed by atoms with Crippen LogP contribution in [0, 0.1) is 17.8 Å². The molecule has 3 fully saturated rings. The molecule has 1 saturated heterocycles. The van der Waals surface area contributed by atoms with E-state index >= 15 is 0 Å². The van der Waals surface area contributed by atoms with Crippen molar-refractivity contribution in [3.8, 4) is 0 Å². The van der Waals surface area contributed by atoms with Crippen molar-refractivity contribution in [2.24, 2.45) is 17.8 Å². The quantitative estimate of drug-likeness (QED) is 0.851. The fraction of sp³-hybridized carbons (Fsp3) is 0.929. The highest BCUT2D eigenvalue weighted by molar-refractivity contribution is 8.19. The number of carboxylic acid groups (broad SMARTS) is 1. The van der Waals surface area contributed by atoms with Crippen LogP contribution in [0.2, 0.25) is 0 Å². The van der Waals surface area contributed by atoms with Gasteiger partial charge in [0, 0.05) is 0 Å². The van der Waals surface area contributed by atoms with E-state index in [2.05, 4.69) is 0 Å². The summed E-state index contributed by atoms with van der Waals surface area (Å²) in [5.74, 6) is 4.21. The zero-order valence-electron chi connectivity index (χ0n) is 10.8. The summed E-state index contributed by atoms with van der Waals surface area (Å²) in [6.07, 6.45) is 8.86. The van der Waals surface area contributed by atoms with Gasteiger partial charge in [-0.2, -0.15) is 0 Å². The Morgan fingerprint density at radius 1 is 1.22 bits per heavy atom. The van der Waals surface area contributed by atoms with E-state index < -0.39 is 10.0 Å². The molecule has 0 aromatic rings. The third-order valence-corrected chi connectivity index (χ3v) is 8.40. The molecular formula is C14H22O2S2. The minimum Gasteiger partial charge on any atom is -0.480 e. The first-order valence-electron chi connectivity index (χ1n) is 7.21. The van der Waals surface area contributed by atoms with E-state index in [-0.39, 0.29) is 0 Å². The van der Waals surface area contributed by atoms with Gasteiger partial charge >= 0.3 is 5.97 Å². The molecule has 0 aromatic heterocycles. The maximum Gasteiger partial charge on any atom is 0.330 e. The van der Waals surface area contributed by atoms with Gasteiger partial charge in [0.15, 0.2) is 4.08 Å². The first-order chi connectivity index (χ1) is 8.70. The molecule has 2 saturated carbocycles. The van der Waals surface area contributed by atoms with Crippen LogP contribution < -0.4 is 0 Å². The monoisotopic (exact) mass is 286 g/mol. The van der Waals surface area contributed by atoms with Crippen LogP contribution in [-0.4, -0.2) is 26.7 Å². The van der Waals surface area contributed by atoms with Crippen LogP contribution in [0.4, 0.5) is 0 Å². The van der Waals surface area contributed by atoms with Crippen molar-refractivity contribution >= 4 is 29.5 Å².